The number of rotatable bonds is 4. The van der Waals surface area contributed by atoms with Gasteiger partial charge in [-0.1, -0.05) is 46.4 Å². The van der Waals surface area contributed by atoms with Gasteiger partial charge in [0.15, 0.2) is 0 Å². The second-order valence-electron chi connectivity index (χ2n) is 5.67. The SMILES string of the molecule is O=C(NCC1CC1)C1CSCN1C(=O)c1nc(Cl)c(Cl)c(Cl)c1Cl. The molecule has 10 heteroatoms. The molecule has 2 aliphatic rings. The number of hydrogen-bond donors (Lipinski definition) is 1. The molecule has 2 fully saturated rings. The Morgan fingerprint density at radius 1 is 1.17 bits per heavy atom. The van der Waals surface area contributed by atoms with Crippen LogP contribution in [0.25, 0.3) is 0 Å². The molecule has 1 aromatic heterocycles. The molecule has 0 spiro atoms. The van der Waals surface area contributed by atoms with Crippen molar-refractivity contribution in [1.82, 2.24) is 15.2 Å². The van der Waals surface area contributed by atoms with E-state index in [0.717, 1.165) is 12.8 Å². The number of amides is 2. The van der Waals surface area contributed by atoms with E-state index in [4.69, 9.17) is 46.4 Å². The molecule has 1 unspecified atom stereocenters. The van der Waals surface area contributed by atoms with Gasteiger partial charge >= 0.3 is 0 Å². The predicted octanol–water partition coefficient (Wildman–Crippen LogP) is 3.74. The maximum atomic E-state index is 12.8. The monoisotopic (exact) mass is 427 g/mol. The van der Waals surface area contributed by atoms with Crippen molar-refractivity contribution < 1.29 is 9.59 Å². The van der Waals surface area contributed by atoms with Crippen molar-refractivity contribution in [2.45, 2.75) is 18.9 Å². The van der Waals surface area contributed by atoms with Crippen LogP contribution in [0.15, 0.2) is 0 Å². The van der Waals surface area contributed by atoms with Crippen LogP contribution in [-0.2, 0) is 4.79 Å². The van der Waals surface area contributed by atoms with Crippen LogP contribution in [0.1, 0.15) is 23.3 Å². The summed E-state index contributed by atoms with van der Waals surface area (Å²) in [5, 5.41) is 2.70. The van der Waals surface area contributed by atoms with Crippen molar-refractivity contribution in [3.05, 3.63) is 25.9 Å². The number of thioether (sulfide) groups is 1. The van der Waals surface area contributed by atoms with Crippen LogP contribution >= 0.6 is 58.2 Å². The highest BCUT2D eigenvalue weighted by molar-refractivity contribution is 7.99. The van der Waals surface area contributed by atoms with Crippen LogP contribution in [0, 0.1) is 5.92 Å². The van der Waals surface area contributed by atoms with E-state index in [1.807, 2.05) is 0 Å². The summed E-state index contributed by atoms with van der Waals surface area (Å²) in [5.41, 5.74) is -0.0986. The summed E-state index contributed by atoms with van der Waals surface area (Å²) in [4.78, 5) is 30.5. The fraction of sp³-hybridized carbons (Fsp3) is 0.500. The topological polar surface area (TPSA) is 62.3 Å². The minimum atomic E-state index is -0.563. The van der Waals surface area contributed by atoms with E-state index in [9.17, 15) is 9.59 Å². The maximum absolute atomic E-state index is 12.8. The van der Waals surface area contributed by atoms with Gasteiger partial charge in [-0.2, -0.15) is 0 Å². The van der Waals surface area contributed by atoms with Crippen molar-refractivity contribution in [3.8, 4) is 0 Å². The molecule has 1 aliphatic heterocycles. The van der Waals surface area contributed by atoms with E-state index in [1.165, 1.54) is 16.7 Å². The third-order valence-electron chi connectivity index (χ3n) is 3.89. The summed E-state index contributed by atoms with van der Waals surface area (Å²) in [6, 6.07) is -0.563. The second kappa shape index (κ2) is 7.46. The molecule has 0 bridgehead atoms. The smallest absolute Gasteiger partial charge is 0.275 e. The summed E-state index contributed by atoms with van der Waals surface area (Å²) in [6.07, 6.45) is 2.29. The highest BCUT2D eigenvalue weighted by Gasteiger charge is 2.37. The minimum absolute atomic E-state index is 0.00518. The van der Waals surface area contributed by atoms with Gasteiger partial charge in [-0.25, -0.2) is 4.98 Å². The summed E-state index contributed by atoms with van der Waals surface area (Å²) in [6.45, 7) is 0.652. The van der Waals surface area contributed by atoms with E-state index in [2.05, 4.69) is 10.3 Å². The molecule has 1 atom stereocenters. The molecule has 3 rings (SSSR count). The summed E-state index contributed by atoms with van der Waals surface area (Å²) < 4.78 is 0. The Bertz CT molecular complexity index is 699. The van der Waals surface area contributed by atoms with Crippen LogP contribution in [-0.4, -0.2) is 45.9 Å². The second-order valence-corrected chi connectivity index (χ2v) is 8.16. The highest BCUT2D eigenvalue weighted by Crippen LogP contribution is 2.37. The van der Waals surface area contributed by atoms with Gasteiger partial charge in [-0.15, -0.1) is 11.8 Å². The van der Waals surface area contributed by atoms with Gasteiger partial charge in [0.25, 0.3) is 5.91 Å². The van der Waals surface area contributed by atoms with Gasteiger partial charge < -0.3 is 10.2 Å². The van der Waals surface area contributed by atoms with E-state index >= 15 is 0 Å². The van der Waals surface area contributed by atoms with Crippen LogP contribution in [0.4, 0.5) is 0 Å². The first kappa shape index (κ1) is 18.4. The van der Waals surface area contributed by atoms with Crippen molar-refractivity contribution in [3.63, 3.8) is 0 Å². The molecule has 130 valence electrons. The van der Waals surface area contributed by atoms with Gasteiger partial charge in [0.05, 0.1) is 20.9 Å². The Kier molecular flexibility index (Phi) is 5.72. The molecule has 1 aliphatic carbocycles. The number of nitrogens with zero attached hydrogens (tertiary/aromatic N) is 2. The molecule has 1 saturated carbocycles. The Labute approximate surface area is 163 Å². The van der Waals surface area contributed by atoms with Crippen molar-refractivity contribution in [1.29, 1.82) is 0 Å². The van der Waals surface area contributed by atoms with Crippen LogP contribution in [0.3, 0.4) is 0 Å². The highest BCUT2D eigenvalue weighted by atomic mass is 35.5. The average Bonchev–Trinajstić information content (AvgIpc) is 3.27. The standard InChI is InChI=1S/C14H13Cl4N3O2S/c15-8-9(16)11(20-12(18)10(8)17)14(23)21-5-24-4-7(21)13(22)19-3-6-1-2-6/h6-7H,1-5H2,(H,19,22). The third-order valence-corrected chi connectivity index (χ3v) is 6.58. The molecule has 2 amide bonds. The number of pyridine rings is 1. The Morgan fingerprint density at radius 3 is 2.54 bits per heavy atom. The summed E-state index contributed by atoms with van der Waals surface area (Å²) in [5.74, 6) is 0.808. The van der Waals surface area contributed by atoms with Gasteiger partial charge in [0.2, 0.25) is 5.91 Å². The first-order chi connectivity index (χ1) is 11.4. The first-order valence-corrected chi connectivity index (χ1v) is 9.93. The number of aromatic nitrogens is 1. The van der Waals surface area contributed by atoms with Crippen molar-refractivity contribution >= 4 is 70.0 Å². The molecular weight excluding hydrogens is 416 g/mol. The zero-order chi connectivity index (χ0) is 17.4. The maximum Gasteiger partial charge on any atom is 0.275 e. The van der Waals surface area contributed by atoms with Crippen LogP contribution in [0.5, 0.6) is 0 Å². The molecule has 0 aromatic carbocycles. The van der Waals surface area contributed by atoms with Crippen LogP contribution in [0.2, 0.25) is 20.2 Å². The lowest BCUT2D eigenvalue weighted by atomic mass is 10.2. The Hall–Kier alpha value is -0.400. The van der Waals surface area contributed by atoms with E-state index < -0.39 is 11.9 Å². The lowest BCUT2D eigenvalue weighted by Gasteiger charge is -2.23. The molecule has 0 radical (unpaired) electrons. The van der Waals surface area contributed by atoms with E-state index in [0.29, 0.717) is 24.1 Å². The lowest BCUT2D eigenvalue weighted by molar-refractivity contribution is -0.124. The van der Waals surface area contributed by atoms with Gasteiger partial charge in [0.1, 0.15) is 16.9 Å². The predicted molar refractivity (Wildman–Crippen MR) is 97.3 cm³/mol. The fourth-order valence-electron chi connectivity index (χ4n) is 2.31. The fourth-order valence-corrected chi connectivity index (χ4v) is 4.27. The van der Waals surface area contributed by atoms with Gasteiger partial charge in [-0.3, -0.25) is 9.59 Å². The third kappa shape index (κ3) is 3.73. The largest absolute Gasteiger partial charge is 0.354 e. The van der Waals surface area contributed by atoms with E-state index in [1.54, 1.807) is 0 Å². The molecule has 2 heterocycles. The number of carbonyl (C=O) groups is 2. The zero-order valence-corrected chi connectivity index (χ0v) is 16.2. The van der Waals surface area contributed by atoms with E-state index in [-0.39, 0.29) is 31.8 Å². The number of nitrogens with one attached hydrogen (secondary N) is 1. The Balaban J connectivity index is 1.79. The number of hydrogen-bond acceptors (Lipinski definition) is 4. The first-order valence-electron chi connectivity index (χ1n) is 7.26. The number of halogens is 4. The number of carbonyl (C=O) groups excluding carboxylic acids is 2. The van der Waals surface area contributed by atoms with Crippen LogP contribution < -0.4 is 5.32 Å². The molecule has 1 saturated heterocycles. The quantitative estimate of drug-likeness (QED) is 0.742. The van der Waals surface area contributed by atoms with Gasteiger partial charge in [-0.05, 0) is 18.8 Å². The molecule has 24 heavy (non-hydrogen) atoms. The minimum Gasteiger partial charge on any atom is -0.354 e. The molecule has 5 nitrogen and oxygen atoms in total. The molecule has 1 N–H and O–H groups in total. The average molecular weight is 429 g/mol. The summed E-state index contributed by atoms with van der Waals surface area (Å²) in [7, 11) is 0. The molecule has 1 aromatic rings. The Morgan fingerprint density at radius 2 is 1.88 bits per heavy atom. The molecular formula is C14H13Cl4N3O2S. The van der Waals surface area contributed by atoms with Crippen molar-refractivity contribution in [2.75, 3.05) is 18.2 Å². The summed E-state index contributed by atoms with van der Waals surface area (Å²) >= 11 is 25.3. The lowest BCUT2D eigenvalue weighted by Crippen LogP contribution is -2.47. The van der Waals surface area contributed by atoms with Gasteiger partial charge in [0, 0.05) is 12.3 Å². The van der Waals surface area contributed by atoms with Crippen molar-refractivity contribution in [2.24, 2.45) is 5.92 Å². The zero-order valence-electron chi connectivity index (χ0n) is 12.3. The normalized spacial score (nSPS) is 20.3.